The summed E-state index contributed by atoms with van der Waals surface area (Å²) in [5.41, 5.74) is 5.32. The van der Waals surface area contributed by atoms with Crippen LogP contribution in [0.2, 0.25) is 0 Å². The number of nitrogens with zero attached hydrogens (tertiary/aromatic N) is 5. The van der Waals surface area contributed by atoms with Crippen molar-refractivity contribution < 1.29 is 9.72 Å². The minimum Gasteiger partial charge on any atom is -0.372 e. The number of anilines is 2. The van der Waals surface area contributed by atoms with Gasteiger partial charge in [-0.1, -0.05) is 6.07 Å². The maximum Gasteiger partial charge on any atom is 0.273 e. The molecule has 9 nitrogen and oxygen atoms in total. The number of nitro groups is 1. The van der Waals surface area contributed by atoms with Crippen LogP contribution in [0.15, 0.2) is 54.6 Å². The van der Waals surface area contributed by atoms with Crippen LogP contribution in [0.1, 0.15) is 35.3 Å². The molecule has 0 fully saturated rings. The number of aryl methyl sites for hydroxylation is 2. The Bertz CT molecular complexity index is 1370. The highest BCUT2D eigenvalue weighted by Gasteiger charge is 2.17. The van der Waals surface area contributed by atoms with Crippen LogP contribution in [0.5, 0.6) is 0 Å². The number of benzene rings is 3. The number of carbonyl (C=O) groups is 1. The van der Waals surface area contributed by atoms with Crippen molar-refractivity contribution in [3.63, 3.8) is 0 Å². The second kappa shape index (κ2) is 9.30. The zero-order chi connectivity index (χ0) is 24.4. The third-order valence-electron chi connectivity index (χ3n) is 5.85. The Kier molecular flexibility index (Phi) is 6.27. The van der Waals surface area contributed by atoms with E-state index in [2.05, 4.69) is 34.3 Å². The molecule has 0 aliphatic rings. The molecule has 0 atom stereocenters. The molecule has 0 saturated carbocycles. The van der Waals surface area contributed by atoms with Crippen molar-refractivity contribution in [3.8, 4) is 5.69 Å². The predicted molar refractivity (Wildman–Crippen MR) is 133 cm³/mol. The van der Waals surface area contributed by atoms with Gasteiger partial charge in [-0.05, 0) is 75.7 Å². The highest BCUT2D eigenvalue weighted by atomic mass is 16.6. The maximum absolute atomic E-state index is 12.8. The lowest BCUT2D eigenvalue weighted by atomic mass is 10.1. The van der Waals surface area contributed by atoms with Crippen LogP contribution in [0, 0.1) is 24.0 Å². The Morgan fingerprint density at radius 3 is 2.24 bits per heavy atom. The van der Waals surface area contributed by atoms with Gasteiger partial charge in [-0.2, -0.15) is 4.80 Å². The highest BCUT2D eigenvalue weighted by molar-refractivity contribution is 6.05. The molecule has 1 N–H and O–H groups in total. The summed E-state index contributed by atoms with van der Waals surface area (Å²) in [6.07, 6.45) is 0. The minimum atomic E-state index is -0.490. The van der Waals surface area contributed by atoms with E-state index in [9.17, 15) is 14.9 Å². The summed E-state index contributed by atoms with van der Waals surface area (Å²) in [6, 6.07) is 16.1. The van der Waals surface area contributed by atoms with Crippen LogP contribution >= 0.6 is 0 Å². The minimum absolute atomic E-state index is 0.0882. The van der Waals surface area contributed by atoms with E-state index in [0.29, 0.717) is 22.3 Å². The Labute approximate surface area is 197 Å². The lowest BCUT2D eigenvalue weighted by Gasteiger charge is -2.20. The molecule has 0 unspecified atom stereocenters. The molecule has 0 aliphatic carbocycles. The average Bonchev–Trinajstić information content (AvgIpc) is 3.23. The van der Waals surface area contributed by atoms with Gasteiger partial charge in [0.15, 0.2) is 0 Å². The lowest BCUT2D eigenvalue weighted by Crippen LogP contribution is -2.21. The van der Waals surface area contributed by atoms with E-state index in [0.717, 1.165) is 30.0 Å². The summed E-state index contributed by atoms with van der Waals surface area (Å²) in [7, 11) is 0. The van der Waals surface area contributed by atoms with Crippen molar-refractivity contribution in [1.29, 1.82) is 0 Å². The number of nitro benzene ring substituents is 1. The smallest absolute Gasteiger partial charge is 0.273 e. The van der Waals surface area contributed by atoms with Gasteiger partial charge in [0.2, 0.25) is 0 Å². The first kappa shape index (κ1) is 22.9. The number of fused-ring (bicyclic) bond motifs is 1. The molecule has 1 heterocycles. The second-order valence-corrected chi connectivity index (χ2v) is 8.05. The quantitative estimate of drug-likeness (QED) is 0.307. The molecule has 0 bridgehead atoms. The van der Waals surface area contributed by atoms with Crippen molar-refractivity contribution >= 4 is 34.0 Å². The van der Waals surface area contributed by atoms with E-state index < -0.39 is 10.8 Å². The first-order valence-corrected chi connectivity index (χ1v) is 11.1. The Balaban J connectivity index is 1.60. The van der Waals surface area contributed by atoms with Crippen molar-refractivity contribution in [2.24, 2.45) is 0 Å². The normalized spacial score (nSPS) is 10.9. The number of hydrogen-bond donors (Lipinski definition) is 1. The van der Waals surface area contributed by atoms with Gasteiger partial charge < -0.3 is 10.2 Å². The van der Waals surface area contributed by atoms with Gasteiger partial charge in [0.05, 0.1) is 10.6 Å². The van der Waals surface area contributed by atoms with E-state index in [1.807, 2.05) is 37.3 Å². The van der Waals surface area contributed by atoms with Crippen LogP contribution in [0.3, 0.4) is 0 Å². The van der Waals surface area contributed by atoms with E-state index in [1.54, 1.807) is 29.9 Å². The summed E-state index contributed by atoms with van der Waals surface area (Å²) >= 11 is 0. The van der Waals surface area contributed by atoms with E-state index in [1.165, 1.54) is 6.07 Å². The number of amides is 1. The molecule has 0 spiro atoms. The van der Waals surface area contributed by atoms with Crippen molar-refractivity contribution in [1.82, 2.24) is 15.0 Å². The molecule has 0 radical (unpaired) electrons. The van der Waals surface area contributed by atoms with E-state index in [-0.39, 0.29) is 11.3 Å². The Morgan fingerprint density at radius 2 is 1.62 bits per heavy atom. The van der Waals surface area contributed by atoms with Crippen LogP contribution in [-0.2, 0) is 0 Å². The molecular formula is C25H26N6O3. The van der Waals surface area contributed by atoms with Gasteiger partial charge in [-0.25, -0.2) is 0 Å². The van der Waals surface area contributed by atoms with E-state index >= 15 is 0 Å². The number of nitrogens with one attached hydrogen (secondary N) is 1. The van der Waals surface area contributed by atoms with Gasteiger partial charge >= 0.3 is 0 Å². The summed E-state index contributed by atoms with van der Waals surface area (Å²) in [5.74, 6) is -0.426. The van der Waals surface area contributed by atoms with Gasteiger partial charge in [0.25, 0.3) is 11.6 Å². The molecule has 1 amide bonds. The van der Waals surface area contributed by atoms with Gasteiger partial charge in [0, 0.05) is 41.7 Å². The first-order chi connectivity index (χ1) is 16.3. The van der Waals surface area contributed by atoms with Crippen LogP contribution in [0.4, 0.5) is 17.1 Å². The predicted octanol–water partition coefficient (Wildman–Crippen LogP) is 5.04. The van der Waals surface area contributed by atoms with Crippen LogP contribution in [-0.4, -0.2) is 38.9 Å². The third-order valence-corrected chi connectivity index (χ3v) is 5.85. The number of aromatic nitrogens is 3. The number of carbonyl (C=O) groups excluding carboxylic acids is 1. The maximum atomic E-state index is 12.8. The zero-order valence-corrected chi connectivity index (χ0v) is 19.6. The largest absolute Gasteiger partial charge is 0.372 e. The number of rotatable bonds is 7. The van der Waals surface area contributed by atoms with Crippen molar-refractivity contribution in [2.45, 2.75) is 27.7 Å². The molecule has 1 aromatic heterocycles. The zero-order valence-electron chi connectivity index (χ0n) is 19.6. The fraction of sp³-hybridized carbons (Fsp3) is 0.240. The number of hydrogen-bond acceptors (Lipinski definition) is 6. The third kappa shape index (κ3) is 4.45. The SMILES string of the molecule is CCN(CC)c1ccc(-n2nc3cc(C)c(NC(=O)c4ccc(C)c([N+](=O)[O-])c4)cc3n2)cc1. The van der Waals surface area contributed by atoms with Crippen molar-refractivity contribution in [2.75, 3.05) is 23.3 Å². The van der Waals surface area contributed by atoms with Gasteiger partial charge in [-0.3, -0.25) is 14.9 Å². The van der Waals surface area contributed by atoms with Gasteiger partial charge in [0.1, 0.15) is 11.0 Å². The summed E-state index contributed by atoms with van der Waals surface area (Å²) in [6.45, 7) is 9.62. The topological polar surface area (TPSA) is 106 Å². The molecule has 34 heavy (non-hydrogen) atoms. The van der Waals surface area contributed by atoms with E-state index in [4.69, 9.17) is 0 Å². The van der Waals surface area contributed by atoms with Crippen LogP contribution in [0.25, 0.3) is 16.7 Å². The van der Waals surface area contributed by atoms with Crippen LogP contribution < -0.4 is 10.2 Å². The second-order valence-electron chi connectivity index (χ2n) is 8.05. The standard InChI is InChI=1S/C25H26N6O3/c1-5-29(6-2)19-9-11-20(12-10-19)30-27-22-13-17(4)21(15-23(22)28-30)26-25(32)18-8-7-16(3)24(14-18)31(33)34/h7-15H,5-6H2,1-4H3,(H,26,32). The monoisotopic (exact) mass is 458 g/mol. The molecule has 9 heteroatoms. The molecule has 0 aliphatic heterocycles. The lowest BCUT2D eigenvalue weighted by molar-refractivity contribution is -0.385. The Hall–Kier alpha value is -4.27. The van der Waals surface area contributed by atoms with Gasteiger partial charge in [-0.15, -0.1) is 10.2 Å². The molecule has 0 saturated heterocycles. The fourth-order valence-corrected chi connectivity index (χ4v) is 3.85. The summed E-state index contributed by atoms with van der Waals surface area (Å²) < 4.78 is 0. The molecular weight excluding hydrogens is 432 g/mol. The summed E-state index contributed by atoms with van der Waals surface area (Å²) in [4.78, 5) is 27.3. The Morgan fingerprint density at radius 1 is 0.971 bits per heavy atom. The summed E-state index contributed by atoms with van der Waals surface area (Å²) in [5, 5.41) is 23.2. The fourth-order valence-electron chi connectivity index (χ4n) is 3.85. The first-order valence-electron chi connectivity index (χ1n) is 11.1. The molecule has 174 valence electrons. The molecule has 4 aromatic rings. The average molecular weight is 459 g/mol. The van der Waals surface area contributed by atoms with Crippen molar-refractivity contribution in [3.05, 3.63) is 81.4 Å². The molecule has 4 rings (SSSR count). The highest BCUT2D eigenvalue weighted by Crippen LogP contribution is 2.25. The molecule has 3 aromatic carbocycles.